The summed E-state index contributed by atoms with van der Waals surface area (Å²) < 4.78 is 13.7. The molecule has 0 spiro atoms. The summed E-state index contributed by atoms with van der Waals surface area (Å²) in [7, 11) is 0. The van der Waals surface area contributed by atoms with Crippen molar-refractivity contribution in [1.82, 2.24) is 19.9 Å². The fourth-order valence-electron chi connectivity index (χ4n) is 5.21. The molecule has 42 heavy (non-hydrogen) atoms. The molecule has 10 heteroatoms. The third kappa shape index (κ3) is 6.07. The van der Waals surface area contributed by atoms with E-state index in [0.29, 0.717) is 46.5 Å². The van der Waals surface area contributed by atoms with Gasteiger partial charge in [-0.15, -0.1) is 0 Å². The minimum Gasteiger partial charge on any atom is -0.463 e. The van der Waals surface area contributed by atoms with Crippen molar-refractivity contribution in [3.8, 4) is 0 Å². The number of allylic oxidation sites excluding steroid dienone is 1. The molecule has 5 rings (SSSR count). The van der Waals surface area contributed by atoms with E-state index in [0.717, 1.165) is 16.9 Å². The van der Waals surface area contributed by atoms with Crippen LogP contribution in [0.15, 0.2) is 95.5 Å². The summed E-state index contributed by atoms with van der Waals surface area (Å²) in [6.45, 7) is 6.70. The Labute approximate surface area is 249 Å². The Kier molecular flexibility index (Phi) is 9.00. The molecule has 1 aliphatic rings. The minimum absolute atomic E-state index is 0.0905. The van der Waals surface area contributed by atoms with Gasteiger partial charge in [-0.1, -0.05) is 48.0 Å². The number of anilines is 1. The number of halogens is 1. The average molecular weight is 586 g/mol. The number of imidazole rings is 1. The van der Waals surface area contributed by atoms with Gasteiger partial charge in [0.1, 0.15) is 11.6 Å². The van der Waals surface area contributed by atoms with Crippen LogP contribution in [0.1, 0.15) is 31.2 Å². The molecule has 0 radical (unpaired) electrons. The molecular weight excluding hydrogens is 554 g/mol. The summed E-state index contributed by atoms with van der Waals surface area (Å²) in [6.07, 6.45) is 1.59. The molecule has 1 amide bonds. The van der Waals surface area contributed by atoms with Gasteiger partial charge >= 0.3 is 5.97 Å². The molecule has 0 aliphatic carbocycles. The first kappa shape index (κ1) is 29.0. The maximum absolute atomic E-state index is 13.7. The van der Waals surface area contributed by atoms with Gasteiger partial charge in [0, 0.05) is 29.0 Å². The summed E-state index contributed by atoms with van der Waals surface area (Å²) in [5, 5.41) is 6.54. The van der Waals surface area contributed by atoms with Gasteiger partial charge in [0.25, 0.3) is 5.91 Å². The number of carbonyl (C=O) groups excluding carboxylic acids is 2. The Balaban J connectivity index is 1.47. The zero-order chi connectivity index (χ0) is 29.6. The van der Waals surface area contributed by atoms with Crippen LogP contribution in [0.3, 0.4) is 0 Å². The summed E-state index contributed by atoms with van der Waals surface area (Å²) in [5.74, 6) is -0.489. The highest BCUT2D eigenvalue weighted by Gasteiger charge is 2.39. The fourth-order valence-corrected chi connectivity index (χ4v) is 5.45. The molecule has 2 N–H and O–H groups in total. The Morgan fingerprint density at radius 2 is 1.79 bits per heavy atom. The number of nitrogens with zero attached hydrogens (tertiary/aromatic N) is 3. The molecule has 2 aromatic heterocycles. The molecule has 1 aliphatic heterocycles. The summed E-state index contributed by atoms with van der Waals surface area (Å²) in [4.78, 5) is 36.1. The number of aryl methyl sites for hydroxylation is 1. The minimum atomic E-state index is -0.804. The Morgan fingerprint density at radius 3 is 2.55 bits per heavy atom. The van der Waals surface area contributed by atoms with E-state index in [2.05, 4.69) is 25.2 Å². The topological polar surface area (TPSA) is 107 Å². The number of benzene rings is 2. The Morgan fingerprint density at radius 1 is 1.02 bits per heavy atom. The molecule has 0 bridgehead atoms. The smallest absolute Gasteiger partial charge is 0.336 e. The van der Waals surface area contributed by atoms with Crippen molar-refractivity contribution in [1.29, 1.82) is 0 Å². The van der Waals surface area contributed by atoms with E-state index in [1.165, 1.54) is 0 Å². The number of amides is 1. The number of rotatable bonds is 10. The van der Waals surface area contributed by atoms with Crippen molar-refractivity contribution in [2.24, 2.45) is 0 Å². The number of para-hydroxylation sites is 2. The number of pyridine rings is 1. The second-order valence-corrected chi connectivity index (χ2v) is 10.2. The zero-order valence-electron chi connectivity index (χ0n) is 23.7. The van der Waals surface area contributed by atoms with Gasteiger partial charge in [0.2, 0.25) is 0 Å². The molecule has 2 aromatic carbocycles. The maximum atomic E-state index is 13.7. The van der Waals surface area contributed by atoms with E-state index in [9.17, 15) is 9.59 Å². The number of esters is 1. The van der Waals surface area contributed by atoms with Crippen LogP contribution in [-0.2, 0) is 25.6 Å². The van der Waals surface area contributed by atoms with Crippen molar-refractivity contribution in [2.45, 2.75) is 33.2 Å². The van der Waals surface area contributed by atoms with E-state index in [1.807, 2.05) is 43.3 Å². The number of fused-ring (bicyclic) bond motifs is 1. The van der Waals surface area contributed by atoms with Gasteiger partial charge in [-0.05, 0) is 56.7 Å². The summed E-state index contributed by atoms with van der Waals surface area (Å²) in [6, 6.07) is 20.4. The van der Waals surface area contributed by atoms with Crippen molar-refractivity contribution in [3.63, 3.8) is 0 Å². The van der Waals surface area contributed by atoms with Gasteiger partial charge in [-0.3, -0.25) is 4.79 Å². The number of nitrogens with one attached hydrogen (secondary N) is 2. The normalized spacial score (nSPS) is 15.1. The second kappa shape index (κ2) is 13.0. The lowest BCUT2D eigenvalue weighted by atomic mass is 9.79. The molecule has 1 atom stereocenters. The van der Waals surface area contributed by atoms with Crippen LogP contribution in [0.5, 0.6) is 0 Å². The number of carbonyl (C=O) groups is 2. The van der Waals surface area contributed by atoms with Crippen LogP contribution in [-0.4, -0.2) is 46.2 Å². The van der Waals surface area contributed by atoms with E-state index >= 15 is 0 Å². The third-order valence-corrected chi connectivity index (χ3v) is 7.40. The van der Waals surface area contributed by atoms with Gasteiger partial charge in [-0.25, -0.2) is 14.8 Å². The number of aromatic nitrogens is 3. The van der Waals surface area contributed by atoms with Crippen LogP contribution in [0.2, 0.25) is 5.02 Å². The lowest BCUT2D eigenvalue weighted by molar-refractivity contribution is -0.138. The van der Waals surface area contributed by atoms with E-state index < -0.39 is 17.8 Å². The molecular formula is C32H32ClN5O4. The van der Waals surface area contributed by atoms with Crippen LogP contribution < -0.4 is 10.6 Å². The van der Waals surface area contributed by atoms with Crippen molar-refractivity contribution < 1.29 is 19.1 Å². The van der Waals surface area contributed by atoms with E-state index in [4.69, 9.17) is 21.1 Å². The van der Waals surface area contributed by atoms with Gasteiger partial charge in [0.15, 0.2) is 0 Å². The molecule has 0 saturated carbocycles. The highest BCUT2D eigenvalue weighted by Crippen LogP contribution is 2.42. The van der Waals surface area contributed by atoms with Crippen LogP contribution in [0.25, 0.3) is 11.0 Å². The lowest BCUT2D eigenvalue weighted by Gasteiger charge is -2.32. The molecule has 216 valence electrons. The molecule has 4 aromatic rings. The number of dihydropyridines is 1. The van der Waals surface area contributed by atoms with Crippen LogP contribution >= 0.6 is 11.6 Å². The molecule has 3 heterocycles. The predicted octanol–water partition coefficient (Wildman–Crippen LogP) is 5.53. The quantitative estimate of drug-likeness (QED) is 0.186. The second-order valence-electron chi connectivity index (χ2n) is 9.75. The van der Waals surface area contributed by atoms with Gasteiger partial charge < -0.3 is 24.7 Å². The first-order valence-electron chi connectivity index (χ1n) is 13.7. The Hall–Kier alpha value is -4.47. The highest BCUT2D eigenvalue weighted by atomic mass is 35.5. The monoisotopic (exact) mass is 585 g/mol. The average Bonchev–Trinajstić information content (AvgIpc) is 3.30. The first-order valence-corrected chi connectivity index (χ1v) is 14.1. The van der Waals surface area contributed by atoms with E-state index in [-0.39, 0.29) is 18.8 Å². The first-order chi connectivity index (χ1) is 20.4. The van der Waals surface area contributed by atoms with Crippen molar-refractivity contribution in [3.05, 3.63) is 112 Å². The summed E-state index contributed by atoms with van der Waals surface area (Å²) >= 11 is 6.67. The van der Waals surface area contributed by atoms with Gasteiger partial charge in [-0.2, -0.15) is 0 Å². The Bertz CT molecular complexity index is 1680. The zero-order valence-corrected chi connectivity index (χ0v) is 24.4. The van der Waals surface area contributed by atoms with Crippen molar-refractivity contribution >= 4 is 40.3 Å². The van der Waals surface area contributed by atoms with Crippen LogP contribution in [0.4, 0.5) is 5.82 Å². The number of hydrogen-bond donors (Lipinski definition) is 2. The number of hydrogen-bond acceptors (Lipinski definition) is 7. The van der Waals surface area contributed by atoms with Gasteiger partial charge in [0.05, 0.1) is 48.0 Å². The third-order valence-electron chi connectivity index (χ3n) is 7.06. The lowest BCUT2D eigenvalue weighted by Crippen LogP contribution is -2.36. The van der Waals surface area contributed by atoms with Crippen molar-refractivity contribution in [2.75, 3.05) is 25.1 Å². The highest BCUT2D eigenvalue weighted by molar-refractivity contribution is 6.31. The van der Waals surface area contributed by atoms with E-state index in [1.54, 1.807) is 50.4 Å². The fraction of sp³-hybridized carbons (Fsp3) is 0.250. The molecule has 0 fully saturated rings. The van der Waals surface area contributed by atoms with Crippen LogP contribution in [0, 0.1) is 6.92 Å². The molecule has 9 nitrogen and oxygen atoms in total. The SMILES string of the molecule is CCOC(=O)C1=C(COCCn2c(C)nc3ccccc32)NC(C)=C(C(=O)Nc2ccccn2)C1c1ccccc1Cl. The largest absolute Gasteiger partial charge is 0.463 e. The molecule has 1 unspecified atom stereocenters. The molecule has 0 saturated heterocycles. The standard InChI is InChI=1S/C32H32ClN5O4/c1-4-42-32(40)30-25(19-41-18-17-38-21(3)36-24-13-7-8-14-26(24)38)35-20(2)28(29(30)22-11-5-6-12-23(22)33)31(39)37-27-15-9-10-16-34-27/h5-16,29,35H,4,17-19H2,1-3H3,(H,34,37,39). The number of ether oxygens (including phenoxy) is 2. The maximum Gasteiger partial charge on any atom is 0.336 e. The summed E-state index contributed by atoms with van der Waals surface area (Å²) in [5.41, 5.74) is 4.24. The predicted molar refractivity (Wildman–Crippen MR) is 162 cm³/mol.